The van der Waals surface area contributed by atoms with Crippen LogP contribution in [0.25, 0.3) is 6.08 Å². The highest BCUT2D eigenvalue weighted by atomic mass is 16.1. The first-order valence-corrected chi connectivity index (χ1v) is 6.36. The largest absolute Gasteiger partial charge is 0.352 e. The zero-order chi connectivity index (χ0) is 14.0. The smallest absolute Gasteiger partial charge is 0.244 e. The first kappa shape index (κ1) is 13.7. The van der Waals surface area contributed by atoms with Gasteiger partial charge in [-0.25, -0.2) is 9.97 Å². The van der Waals surface area contributed by atoms with Crippen molar-refractivity contribution in [2.75, 3.05) is 18.4 Å². The van der Waals surface area contributed by atoms with Crippen LogP contribution >= 0.6 is 0 Å². The van der Waals surface area contributed by atoms with Crippen LogP contribution in [0.15, 0.2) is 54.9 Å². The maximum absolute atomic E-state index is 11.6. The van der Waals surface area contributed by atoms with Gasteiger partial charge in [-0.15, -0.1) is 0 Å². The minimum atomic E-state index is -0.121. The third kappa shape index (κ3) is 4.89. The highest BCUT2D eigenvalue weighted by Crippen LogP contribution is 2.00. The molecule has 1 aromatic heterocycles. The van der Waals surface area contributed by atoms with E-state index in [1.165, 1.54) is 6.08 Å². The molecule has 0 aliphatic heterocycles. The predicted molar refractivity (Wildman–Crippen MR) is 79.0 cm³/mol. The standard InChI is InChI=1S/C15H16N4O/c20-14(8-7-13-5-2-1-3-6-13)16-11-12-19-15-17-9-4-10-18-15/h1-10H,11-12H2,(H,16,20)(H,17,18,19)/b8-7+. The van der Waals surface area contributed by atoms with E-state index in [-0.39, 0.29) is 5.91 Å². The number of amides is 1. The summed E-state index contributed by atoms with van der Waals surface area (Å²) < 4.78 is 0. The molecule has 2 rings (SSSR count). The number of carbonyl (C=O) groups excluding carboxylic acids is 1. The van der Waals surface area contributed by atoms with E-state index in [9.17, 15) is 4.79 Å². The highest BCUT2D eigenvalue weighted by Gasteiger charge is 1.95. The highest BCUT2D eigenvalue weighted by molar-refractivity contribution is 5.91. The molecule has 1 aromatic carbocycles. The molecule has 0 saturated carbocycles. The summed E-state index contributed by atoms with van der Waals surface area (Å²) in [6.45, 7) is 1.09. The molecular formula is C15H16N4O. The third-order valence-corrected chi connectivity index (χ3v) is 2.50. The number of hydrogen-bond acceptors (Lipinski definition) is 4. The van der Waals surface area contributed by atoms with Crippen molar-refractivity contribution in [2.24, 2.45) is 0 Å². The second kappa shape index (κ2) is 7.68. The van der Waals surface area contributed by atoms with Crippen molar-refractivity contribution in [1.82, 2.24) is 15.3 Å². The average Bonchev–Trinajstić information content (AvgIpc) is 2.52. The number of nitrogens with zero attached hydrogens (tertiary/aromatic N) is 2. The van der Waals surface area contributed by atoms with E-state index < -0.39 is 0 Å². The quantitative estimate of drug-likeness (QED) is 0.618. The molecule has 102 valence electrons. The minimum absolute atomic E-state index is 0.121. The van der Waals surface area contributed by atoms with Crippen molar-refractivity contribution in [1.29, 1.82) is 0 Å². The van der Waals surface area contributed by atoms with Crippen molar-refractivity contribution in [2.45, 2.75) is 0 Å². The second-order valence-electron chi connectivity index (χ2n) is 4.03. The zero-order valence-corrected chi connectivity index (χ0v) is 11.0. The van der Waals surface area contributed by atoms with Gasteiger partial charge in [0.1, 0.15) is 0 Å². The van der Waals surface area contributed by atoms with Crippen LogP contribution in [-0.2, 0) is 4.79 Å². The molecule has 2 N–H and O–H groups in total. The second-order valence-corrected chi connectivity index (χ2v) is 4.03. The van der Waals surface area contributed by atoms with Gasteiger partial charge < -0.3 is 10.6 Å². The number of aromatic nitrogens is 2. The van der Waals surface area contributed by atoms with E-state index in [0.717, 1.165) is 5.56 Å². The Morgan fingerprint density at radius 2 is 1.80 bits per heavy atom. The summed E-state index contributed by atoms with van der Waals surface area (Å²) in [7, 11) is 0. The summed E-state index contributed by atoms with van der Waals surface area (Å²) in [5.74, 6) is 0.436. The summed E-state index contributed by atoms with van der Waals surface area (Å²) in [5.41, 5.74) is 0.999. The predicted octanol–water partition coefficient (Wildman–Crippen LogP) is 1.72. The fourth-order valence-electron chi connectivity index (χ4n) is 1.55. The maximum atomic E-state index is 11.6. The number of anilines is 1. The van der Waals surface area contributed by atoms with Gasteiger partial charge in [0.25, 0.3) is 0 Å². The number of benzene rings is 1. The average molecular weight is 268 g/mol. The van der Waals surface area contributed by atoms with Crippen molar-refractivity contribution in [3.8, 4) is 0 Å². The molecule has 0 aliphatic rings. The van der Waals surface area contributed by atoms with Crippen LogP contribution in [-0.4, -0.2) is 29.0 Å². The van der Waals surface area contributed by atoms with Gasteiger partial charge in [0.05, 0.1) is 0 Å². The minimum Gasteiger partial charge on any atom is -0.352 e. The van der Waals surface area contributed by atoms with E-state index >= 15 is 0 Å². The van der Waals surface area contributed by atoms with Crippen LogP contribution in [0.3, 0.4) is 0 Å². The van der Waals surface area contributed by atoms with E-state index in [2.05, 4.69) is 20.6 Å². The molecule has 0 radical (unpaired) electrons. The fraction of sp³-hybridized carbons (Fsp3) is 0.133. The molecule has 5 heteroatoms. The van der Waals surface area contributed by atoms with Crippen LogP contribution in [0.2, 0.25) is 0 Å². The van der Waals surface area contributed by atoms with E-state index in [1.54, 1.807) is 24.5 Å². The Labute approximate surface area is 117 Å². The molecule has 0 aliphatic carbocycles. The van der Waals surface area contributed by atoms with E-state index in [4.69, 9.17) is 0 Å². The molecule has 5 nitrogen and oxygen atoms in total. The molecule has 0 atom stereocenters. The van der Waals surface area contributed by atoms with Gasteiger partial charge >= 0.3 is 0 Å². The maximum Gasteiger partial charge on any atom is 0.244 e. The fourth-order valence-corrected chi connectivity index (χ4v) is 1.55. The topological polar surface area (TPSA) is 66.9 Å². The number of nitrogens with one attached hydrogen (secondary N) is 2. The lowest BCUT2D eigenvalue weighted by Gasteiger charge is -2.04. The zero-order valence-electron chi connectivity index (χ0n) is 11.0. The number of rotatable bonds is 6. The van der Waals surface area contributed by atoms with Gasteiger partial charge in [0.2, 0.25) is 11.9 Å². The molecular weight excluding hydrogens is 252 g/mol. The first-order chi connectivity index (χ1) is 9.84. The number of carbonyl (C=O) groups is 1. The Bertz CT molecular complexity index is 555. The SMILES string of the molecule is O=C(/C=C/c1ccccc1)NCCNc1ncccn1. The van der Waals surface area contributed by atoms with Crippen LogP contribution in [0.1, 0.15) is 5.56 Å². The summed E-state index contributed by atoms with van der Waals surface area (Å²) in [4.78, 5) is 19.6. The van der Waals surface area contributed by atoms with Crippen LogP contribution in [0.4, 0.5) is 5.95 Å². The lowest BCUT2D eigenvalue weighted by atomic mass is 10.2. The van der Waals surface area contributed by atoms with Crippen molar-refractivity contribution < 1.29 is 4.79 Å². The molecule has 1 amide bonds. The lowest BCUT2D eigenvalue weighted by Crippen LogP contribution is -2.27. The lowest BCUT2D eigenvalue weighted by molar-refractivity contribution is -0.116. The molecule has 0 saturated heterocycles. The Morgan fingerprint density at radius 3 is 2.55 bits per heavy atom. The first-order valence-electron chi connectivity index (χ1n) is 6.36. The van der Waals surface area contributed by atoms with Gasteiger partial charge in [0.15, 0.2) is 0 Å². The molecule has 1 heterocycles. The Kier molecular flexibility index (Phi) is 5.27. The summed E-state index contributed by atoms with van der Waals surface area (Å²) in [6.07, 6.45) is 6.63. The van der Waals surface area contributed by atoms with Gasteiger partial charge in [-0.1, -0.05) is 30.3 Å². The number of hydrogen-bond donors (Lipinski definition) is 2. The van der Waals surface area contributed by atoms with Gasteiger partial charge in [-0.2, -0.15) is 0 Å². The monoisotopic (exact) mass is 268 g/mol. The van der Waals surface area contributed by atoms with Crippen LogP contribution < -0.4 is 10.6 Å². The molecule has 2 aromatic rings. The molecule has 0 unspecified atom stereocenters. The third-order valence-electron chi connectivity index (χ3n) is 2.50. The Balaban J connectivity index is 1.67. The van der Waals surface area contributed by atoms with E-state index in [0.29, 0.717) is 19.0 Å². The van der Waals surface area contributed by atoms with Crippen molar-refractivity contribution in [3.05, 3.63) is 60.4 Å². The van der Waals surface area contributed by atoms with Crippen LogP contribution in [0.5, 0.6) is 0 Å². The van der Waals surface area contributed by atoms with Gasteiger partial charge in [-0.05, 0) is 17.7 Å². The summed E-state index contributed by atoms with van der Waals surface area (Å²) in [6, 6.07) is 11.4. The van der Waals surface area contributed by atoms with Gasteiger partial charge in [-0.3, -0.25) is 4.79 Å². The van der Waals surface area contributed by atoms with Crippen molar-refractivity contribution >= 4 is 17.9 Å². The Hall–Kier alpha value is -2.69. The van der Waals surface area contributed by atoms with Crippen molar-refractivity contribution in [3.63, 3.8) is 0 Å². The van der Waals surface area contributed by atoms with Gasteiger partial charge in [0, 0.05) is 31.6 Å². The summed E-state index contributed by atoms with van der Waals surface area (Å²) >= 11 is 0. The molecule has 0 bridgehead atoms. The van der Waals surface area contributed by atoms with E-state index in [1.807, 2.05) is 30.3 Å². The molecule has 20 heavy (non-hydrogen) atoms. The van der Waals surface area contributed by atoms with Crippen LogP contribution in [0, 0.1) is 0 Å². The summed E-state index contributed by atoms with van der Waals surface area (Å²) in [5, 5.41) is 5.79. The molecule has 0 fully saturated rings. The Morgan fingerprint density at radius 1 is 1.05 bits per heavy atom. The normalized spacial score (nSPS) is 10.4. The molecule has 0 spiro atoms.